The molecule has 3 nitrogen and oxygen atoms in total. The van der Waals surface area contributed by atoms with Crippen LogP contribution >= 0.6 is 0 Å². The van der Waals surface area contributed by atoms with Crippen LogP contribution in [0.2, 0.25) is 0 Å². The van der Waals surface area contributed by atoms with E-state index in [9.17, 15) is 0 Å². The van der Waals surface area contributed by atoms with E-state index in [-0.39, 0.29) is 0 Å². The van der Waals surface area contributed by atoms with Gasteiger partial charge in [-0.15, -0.1) is 0 Å². The number of hydrogen-bond acceptors (Lipinski definition) is 3. The molecular formula is C19H23NO2. The Balaban J connectivity index is 1.69. The highest BCUT2D eigenvalue weighted by Crippen LogP contribution is 2.29. The fourth-order valence-corrected chi connectivity index (χ4v) is 2.94. The maximum absolute atomic E-state index is 5.59. The van der Waals surface area contributed by atoms with Gasteiger partial charge in [-0.1, -0.05) is 31.2 Å². The third kappa shape index (κ3) is 3.25. The molecular weight excluding hydrogens is 274 g/mol. The Hall–Kier alpha value is -2.00. The van der Waals surface area contributed by atoms with Crippen LogP contribution in [0.4, 0.5) is 0 Å². The number of ether oxygens (including phenoxy) is 2. The van der Waals surface area contributed by atoms with E-state index < -0.39 is 0 Å². The number of methoxy groups -OCH3 is 1. The van der Waals surface area contributed by atoms with Crippen molar-refractivity contribution in [2.24, 2.45) is 0 Å². The van der Waals surface area contributed by atoms with Gasteiger partial charge in [-0.05, 0) is 41.3 Å². The fraction of sp³-hybridized carbons (Fsp3) is 0.368. The van der Waals surface area contributed by atoms with Crippen molar-refractivity contribution in [3.63, 3.8) is 0 Å². The molecule has 0 saturated heterocycles. The van der Waals surface area contributed by atoms with Gasteiger partial charge >= 0.3 is 0 Å². The minimum atomic E-state index is 0.358. The Morgan fingerprint density at radius 3 is 2.95 bits per heavy atom. The van der Waals surface area contributed by atoms with E-state index in [1.807, 2.05) is 12.1 Å². The summed E-state index contributed by atoms with van der Waals surface area (Å²) in [5.74, 6) is 1.95. The first-order valence-electron chi connectivity index (χ1n) is 7.92. The lowest BCUT2D eigenvalue weighted by Gasteiger charge is -2.18. The van der Waals surface area contributed by atoms with Gasteiger partial charge in [0, 0.05) is 19.0 Å². The predicted molar refractivity (Wildman–Crippen MR) is 88.5 cm³/mol. The molecule has 0 saturated carbocycles. The molecule has 0 aromatic heterocycles. The topological polar surface area (TPSA) is 30.5 Å². The van der Waals surface area contributed by atoms with Crippen LogP contribution in [0.5, 0.6) is 11.5 Å². The van der Waals surface area contributed by atoms with Crippen molar-refractivity contribution in [3.8, 4) is 11.5 Å². The molecule has 0 bridgehead atoms. The van der Waals surface area contributed by atoms with E-state index in [4.69, 9.17) is 9.47 Å². The third-order valence-corrected chi connectivity index (χ3v) is 4.21. The second-order valence-electron chi connectivity index (χ2n) is 5.66. The first-order chi connectivity index (χ1) is 10.8. The van der Waals surface area contributed by atoms with Crippen LogP contribution in [0, 0.1) is 0 Å². The van der Waals surface area contributed by atoms with Crippen molar-refractivity contribution < 1.29 is 9.47 Å². The van der Waals surface area contributed by atoms with Crippen LogP contribution in [0.1, 0.15) is 36.1 Å². The van der Waals surface area contributed by atoms with Crippen LogP contribution < -0.4 is 14.8 Å². The lowest BCUT2D eigenvalue weighted by atomic mass is 10.0. The molecule has 1 aliphatic rings. The first-order valence-corrected chi connectivity index (χ1v) is 7.92. The van der Waals surface area contributed by atoms with Gasteiger partial charge in [0.2, 0.25) is 0 Å². The minimum absolute atomic E-state index is 0.358. The molecule has 1 atom stereocenters. The Morgan fingerprint density at radius 2 is 2.14 bits per heavy atom. The summed E-state index contributed by atoms with van der Waals surface area (Å²) in [5, 5.41) is 3.65. The van der Waals surface area contributed by atoms with Crippen LogP contribution in [0.15, 0.2) is 42.5 Å². The summed E-state index contributed by atoms with van der Waals surface area (Å²) < 4.78 is 10.9. The van der Waals surface area contributed by atoms with Crippen molar-refractivity contribution in [2.45, 2.75) is 32.4 Å². The van der Waals surface area contributed by atoms with Gasteiger partial charge < -0.3 is 14.8 Å². The number of hydrogen-bond donors (Lipinski definition) is 1. The average molecular weight is 297 g/mol. The van der Waals surface area contributed by atoms with E-state index in [1.54, 1.807) is 7.11 Å². The summed E-state index contributed by atoms with van der Waals surface area (Å²) in [5.41, 5.74) is 3.91. The van der Waals surface area contributed by atoms with E-state index >= 15 is 0 Å². The summed E-state index contributed by atoms with van der Waals surface area (Å²) in [6.07, 6.45) is 2.08. The third-order valence-electron chi connectivity index (χ3n) is 4.21. The number of benzene rings is 2. The molecule has 3 heteroatoms. The number of fused-ring (bicyclic) bond motifs is 1. The largest absolute Gasteiger partial charge is 0.497 e. The maximum Gasteiger partial charge on any atom is 0.122 e. The van der Waals surface area contributed by atoms with Crippen molar-refractivity contribution >= 4 is 0 Å². The lowest BCUT2D eigenvalue weighted by molar-refractivity contribution is 0.356. The highest BCUT2D eigenvalue weighted by Gasteiger charge is 2.15. The van der Waals surface area contributed by atoms with Gasteiger partial charge in [-0.25, -0.2) is 0 Å². The minimum Gasteiger partial charge on any atom is -0.497 e. The Bertz CT molecular complexity index is 639. The van der Waals surface area contributed by atoms with Crippen LogP contribution in [0.25, 0.3) is 0 Å². The second-order valence-corrected chi connectivity index (χ2v) is 5.66. The monoisotopic (exact) mass is 297 g/mol. The zero-order chi connectivity index (χ0) is 15.4. The molecule has 116 valence electrons. The second kappa shape index (κ2) is 6.84. The van der Waals surface area contributed by atoms with Crippen molar-refractivity contribution in [2.75, 3.05) is 13.7 Å². The molecule has 1 heterocycles. The molecule has 0 spiro atoms. The Morgan fingerprint density at radius 1 is 1.23 bits per heavy atom. The van der Waals surface area contributed by atoms with Gasteiger partial charge in [-0.2, -0.15) is 0 Å². The normalized spacial score (nSPS) is 14.3. The molecule has 0 amide bonds. The summed E-state index contributed by atoms with van der Waals surface area (Å²) in [6.45, 7) is 3.86. The summed E-state index contributed by atoms with van der Waals surface area (Å²) in [6, 6.07) is 15.1. The van der Waals surface area contributed by atoms with E-state index in [2.05, 4.69) is 42.6 Å². The van der Waals surface area contributed by atoms with Crippen molar-refractivity contribution in [3.05, 3.63) is 59.2 Å². The highest BCUT2D eigenvalue weighted by molar-refractivity contribution is 5.40. The van der Waals surface area contributed by atoms with Crippen LogP contribution in [-0.2, 0) is 13.0 Å². The molecule has 1 N–H and O–H groups in total. The maximum atomic E-state index is 5.59. The Kier molecular flexibility index (Phi) is 4.64. The molecule has 0 fully saturated rings. The summed E-state index contributed by atoms with van der Waals surface area (Å²) >= 11 is 0. The standard InChI is InChI=1S/C19H23NO2/c1-3-18(15-7-8-19-16(12-15)9-10-22-19)20-13-14-5-4-6-17(11-14)21-2/h4-8,11-12,18,20H,3,9-10,13H2,1-2H3. The molecule has 0 aliphatic carbocycles. The molecule has 0 radical (unpaired) electrons. The predicted octanol–water partition coefficient (Wildman–Crippen LogP) is 3.87. The molecule has 2 aromatic carbocycles. The molecule has 1 unspecified atom stereocenters. The number of nitrogens with one attached hydrogen (secondary N) is 1. The van der Waals surface area contributed by atoms with Gasteiger partial charge in [0.1, 0.15) is 11.5 Å². The molecule has 22 heavy (non-hydrogen) atoms. The van der Waals surface area contributed by atoms with E-state index in [0.29, 0.717) is 6.04 Å². The summed E-state index contributed by atoms with van der Waals surface area (Å²) in [7, 11) is 1.70. The SMILES string of the molecule is CCC(NCc1cccc(OC)c1)c1ccc2c(c1)CCO2. The van der Waals surface area contributed by atoms with Crippen molar-refractivity contribution in [1.82, 2.24) is 5.32 Å². The first kappa shape index (κ1) is 14.9. The van der Waals surface area contributed by atoms with Crippen LogP contribution in [0.3, 0.4) is 0 Å². The highest BCUT2D eigenvalue weighted by atomic mass is 16.5. The zero-order valence-corrected chi connectivity index (χ0v) is 13.3. The molecule has 1 aliphatic heterocycles. The average Bonchev–Trinajstić information content (AvgIpc) is 3.03. The van der Waals surface area contributed by atoms with Gasteiger partial charge in [0.25, 0.3) is 0 Å². The van der Waals surface area contributed by atoms with Crippen LogP contribution in [-0.4, -0.2) is 13.7 Å². The quantitative estimate of drug-likeness (QED) is 0.878. The smallest absolute Gasteiger partial charge is 0.122 e. The molecule has 3 rings (SSSR count). The summed E-state index contributed by atoms with van der Waals surface area (Å²) in [4.78, 5) is 0. The molecule has 2 aromatic rings. The van der Waals surface area contributed by atoms with E-state index in [0.717, 1.165) is 37.5 Å². The van der Waals surface area contributed by atoms with Gasteiger partial charge in [-0.3, -0.25) is 0 Å². The van der Waals surface area contributed by atoms with E-state index in [1.165, 1.54) is 16.7 Å². The van der Waals surface area contributed by atoms with Gasteiger partial charge in [0.15, 0.2) is 0 Å². The zero-order valence-electron chi connectivity index (χ0n) is 13.3. The van der Waals surface area contributed by atoms with Gasteiger partial charge in [0.05, 0.1) is 13.7 Å². The lowest BCUT2D eigenvalue weighted by Crippen LogP contribution is -2.20. The number of rotatable bonds is 6. The fourth-order valence-electron chi connectivity index (χ4n) is 2.94. The van der Waals surface area contributed by atoms with Crippen molar-refractivity contribution in [1.29, 1.82) is 0 Å². The Labute approximate surface area is 132 Å².